The number of carbonyl (C=O) groups is 4. The predicted octanol–water partition coefficient (Wildman–Crippen LogP) is 9.07. The molecule has 312 valence electrons. The fourth-order valence-corrected chi connectivity index (χ4v) is 5.61. The number of hydrogen-bond acceptors (Lipinski definition) is 8. The van der Waals surface area contributed by atoms with Gasteiger partial charge in [-0.05, 0) is 51.4 Å². The number of carboxylic acids is 4. The summed E-state index contributed by atoms with van der Waals surface area (Å²) in [4.78, 5) is 40.2. The van der Waals surface area contributed by atoms with E-state index in [1.807, 2.05) is 0 Å². The van der Waals surface area contributed by atoms with Crippen LogP contribution in [0.3, 0.4) is 0 Å². The SMILES string of the molecule is CCCCCCCCCCC(=O)[O-].CCCCCCCCCCC(=O)[O-].CCCCCCCCCCC(=O)[O-].CCCCCCCCCCC(=O)[O-].[Zr+4]. The zero-order valence-corrected chi connectivity index (χ0v) is 37.7. The van der Waals surface area contributed by atoms with E-state index in [1.165, 1.54) is 154 Å². The summed E-state index contributed by atoms with van der Waals surface area (Å²) in [6.45, 7) is 8.83. The van der Waals surface area contributed by atoms with Gasteiger partial charge in [-0.1, -0.05) is 207 Å². The second kappa shape index (κ2) is 57.5. The third-order valence-electron chi connectivity index (χ3n) is 8.94. The van der Waals surface area contributed by atoms with Gasteiger partial charge in [-0.2, -0.15) is 0 Å². The minimum atomic E-state index is -0.911. The van der Waals surface area contributed by atoms with Crippen molar-refractivity contribution in [3.8, 4) is 0 Å². The van der Waals surface area contributed by atoms with Crippen LogP contribution in [0.5, 0.6) is 0 Å². The molecule has 0 aliphatic rings. The van der Waals surface area contributed by atoms with E-state index in [0.717, 1.165) is 51.4 Å². The Morgan fingerprint density at radius 3 is 0.472 bits per heavy atom. The fraction of sp³-hybridized carbons (Fsp3) is 0.909. The summed E-state index contributed by atoms with van der Waals surface area (Å²) < 4.78 is 0. The zero-order chi connectivity index (χ0) is 39.8. The van der Waals surface area contributed by atoms with Crippen LogP contribution in [0.15, 0.2) is 0 Å². The molecule has 0 rings (SSSR count). The number of aliphatic carboxylic acids is 4. The first kappa shape index (κ1) is 61.0. The molecule has 0 N–H and O–H groups in total. The van der Waals surface area contributed by atoms with Gasteiger partial charge in [0.2, 0.25) is 0 Å². The second-order valence-corrected chi connectivity index (χ2v) is 14.4. The summed E-state index contributed by atoms with van der Waals surface area (Å²) in [5.41, 5.74) is 0. The molecule has 0 aliphatic heterocycles. The first-order valence-electron chi connectivity index (χ1n) is 21.9. The van der Waals surface area contributed by atoms with Crippen LogP contribution in [0.2, 0.25) is 0 Å². The molecule has 0 saturated heterocycles. The van der Waals surface area contributed by atoms with Crippen LogP contribution in [0.4, 0.5) is 0 Å². The molecule has 0 saturated carbocycles. The van der Waals surface area contributed by atoms with E-state index >= 15 is 0 Å². The quantitative estimate of drug-likeness (QED) is 0.0565. The molecule has 0 bridgehead atoms. The standard InChI is InChI=1S/4C11H22O2.Zr/c4*1-2-3-4-5-6-7-8-9-10-11(12)13;/h4*2-10H2,1H3,(H,12,13);/q;;;;+4/p-4. The third kappa shape index (κ3) is 80.3. The first-order chi connectivity index (χ1) is 25.1. The first-order valence-corrected chi connectivity index (χ1v) is 21.9. The maximum atomic E-state index is 10.1. The molecule has 53 heavy (non-hydrogen) atoms. The van der Waals surface area contributed by atoms with Gasteiger partial charge in [0, 0.05) is 23.9 Å². The van der Waals surface area contributed by atoms with Crippen LogP contribution < -0.4 is 20.4 Å². The average Bonchev–Trinajstić information content (AvgIpc) is 3.10. The summed E-state index contributed by atoms with van der Waals surface area (Å²) in [5.74, 6) is -3.64. The second-order valence-electron chi connectivity index (χ2n) is 14.4. The molecule has 0 heterocycles. The number of carbonyl (C=O) groups excluding carboxylic acids is 4. The van der Waals surface area contributed by atoms with Gasteiger partial charge < -0.3 is 39.6 Å². The van der Waals surface area contributed by atoms with Crippen molar-refractivity contribution in [2.75, 3.05) is 0 Å². The van der Waals surface area contributed by atoms with Crippen molar-refractivity contribution in [1.29, 1.82) is 0 Å². The van der Waals surface area contributed by atoms with Crippen molar-refractivity contribution in [3.63, 3.8) is 0 Å². The summed E-state index contributed by atoms with van der Waals surface area (Å²) in [5, 5.41) is 40.2. The van der Waals surface area contributed by atoms with E-state index in [0.29, 0.717) is 0 Å². The zero-order valence-electron chi connectivity index (χ0n) is 35.2. The number of rotatable bonds is 36. The summed E-state index contributed by atoms with van der Waals surface area (Å²) in [7, 11) is 0. The summed E-state index contributed by atoms with van der Waals surface area (Å²) in [6, 6.07) is 0. The van der Waals surface area contributed by atoms with Gasteiger partial charge in [0.25, 0.3) is 0 Å². The number of carboxylic acid groups (broad SMARTS) is 4. The van der Waals surface area contributed by atoms with Crippen molar-refractivity contribution in [3.05, 3.63) is 0 Å². The Morgan fingerprint density at radius 2 is 0.358 bits per heavy atom. The molecule has 0 unspecified atom stereocenters. The van der Waals surface area contributed by atoms with Gasteiger partial charge >= 0.3 is 26.2 Å². The fourth-order valence-electron chi connectivity index (χ4n) is 5.61. The monoisotopic (exact) mass is 831 g/mol. The van der Waals surface area contributed by atoms with Crippen LogP contribution in [0, 0.1) is 0 Å². The van der Waals surface area contributed by atoms with Gasteiger partial charge in [-0.15, -0.1) is 0 Å². The van der Waals surface area contributed by atoms with E-state index < -0.39 is 23.9 Å². The van der Waals surface area contributed by atoms with Crippen LogP contribution in [-0.2, 0) is 45.4 Å². The van der Waals surface area contributed by atoms with Gasteiger partial charge in [0.1, 0.15) is 0 Å². The van der Waals surface area contributed by atoms with Crippen molar-refractivity contribution in [1.82, 2.24) is 0 Å². The predicted molar refractivity (Wildman–Crippen MR) is 209 cm³/mol. The van der Waals surface area contributed by atoms with Gasteiger partial charge in [0.15, 0.2) is 0 Å². The smallest absolute Gasteiger partial charge is 0.550 e. The van der Waals surface area contributed by atoms with Gasteiger partial charge in [-0.25, -0.2) is 0 Å². The summed E-state index contributed by atoms with van der Waals surface area (Å²) in [6.07, 6.45) is 39.0. The molecule has 0 aromatic carbocycles. The molecule has 0 spiro atoms. The van der Waals surface area contributed by atoms with Gasteiger partial charge in [0.05, 0.1) is 0 Å². The maximum absolute atomic E-state index is 10.1. The Hall–Kier alpha value is -1.24. The molecule has 0 radical (unpaired) electrons. The van der Waals surface area contributed by atoms with Gasteiger partial charge in [-0.3, -0.25) is 0 Å². The van der Waals surface area contributed by atoms with Crippen molar-refractivity contribution in [2.24, 2.45) is 0 Å². The van der Waals surface area contributed by atoms with Crippen LogP contribution in [0.1, 0.15) is 259 Å². The molecular weight excluding hydrogens is 748 g/mol. The normalized spacial score (nSPS) is 10.0. The van der Waals surface area contributed by atoms with Crippen LogP contribution >= 0.6 is 0 Å². The number of unbranched alkanes of at least 4 members (excludes halogenated alkanes) is 28. The molecule has 8 nitrogen and oxygen atoms in total. The molecule has 9 heteroatoms. The van der Waals surface area contributed by atoms with E-state index in [2.05, 4.69) is 27.7 Å². The maximum Gasteiger partial charge on any atom is 4.00 e. The topological polar surface area (TPSA) is 161 Å². The molecule has 0 aromatic heterocycles. The minimum Gasteiger partial charge on any atom is -0.550 e. The van der Waals surface area contributed by atoms with Crippen LogP contribution in [-0.4, -0.2) is 23.9 Å². The molecule has 0 aliphatic carbocycles. The molecule has 0 amide bonds. The summed E-state index contributed by atoms with van der Waals surface area (Å²) >= 11 is 0. The molecule has 0 fully saturated rings. The minimum absolute atomic E-state index is 0. The van der Waals surface area contributed by atoms with E-state index in [1.54, 1.807) is 0 Å². The van der Waals surface area contributed by atoms with Crippen molar-refractivity contribution < 1.29 is 65.8 Å². The number of hydrogen-bond donors (Lipinski definition) is 0. The molecule has 0 aromatic rings. The molecule has 0 atom stereocenters. The van der Waals surface area contributed by atoms with Crippen molar-refractivity contribution >= 4 is 23.9 Å². The van der Waals surface area contributed by atoms with Crippen molar-refractivity contribution in [2.45, 2.75) is 259 Å². The Kier molecular flexibility index (Phi) is 66.2. The van der Waals surface area contributed by atoms with Crippen LogP contribution in [0.25, 0.3) is 0 Å². The van der Waals surface area contributed by atoms with E-state index in [9.17, 15) is 39.6 Å². The van der Waals surface area contributed by atoms with E-state index in [-0.39, 0.29) is 51.9 Å². The Morgan fingerprint density at radius 1 is 0.245 bits per heavy atom. The third-order valence-corrected chi connectivity index (χ3v) is 8.94. The average molecular weight is 832 g/mol. The van der Waals surface area contributed by atoms with E-state index in [4.69, 9.17) is 0 Å². The Bertz CT molecular complexity index is 612. The molecular formula is C44H84O8Zr. The Balaban J connectivity index is -0.000000192. The largest absolute Gasteiger partial charge is 4.00 e. The Labute approximate surface area is 347 Å².